The third-order valence-corrected chi connectivity index (χ3v) is 4.40. The number of carbonyl (C=O) groups is 2. The largest absolute Gasteiger partial charge is 0.330 e. The van der Waals surface area contributed by atoms with Crippen molar-refractivity contribution in [3.05, 3.63) is 59.2 Å². The van der Waals surface area contributed by atoms with Gasteiger partial charge in [-0.1, -0.05) is 29.8 Å². The van der Waals surface area contributed by atoms with Crippen LogP contribution in [0.3, 0.4) is 0 Å². The number of para-hydroxylation sites is 1. The first-order valence-electron chi connectivity index (χ1n) is 8.28. The third-order valence-electron chi connectivity index (χ3n) is 4.07. The Morgan fingerprint density at radius 1 is 1.35 bits per heavy atom. The lowest BCUT2D eigenvalue weighted by Crippen LogP contribution is -2.38. The maximum atomic E-state index is 12.6. The molecule has 136 valence electrons. The second-order valence-corrected chi connectivity index (χ2v) is 6.53. The van der Waals surface area contributed by atoms with Gasteiger partial charge in [-0.15, -0.1) is 0 Å². The van der Waals surface area contributed by atoms with Gasteiger partial charge >= 0.3 is 0 Å². The highest BCUT2D eigenvalue weighted by atomic mass is 35.5. The second-order valence-electron chi connectivity index (χ2n) is 6.12. The van der Waals surface area contributed by atoms with E-state index in [2.05, 4.69) is 10.3 Å². The summed E-state index contributed by atoms with van der Waals surface area (Å²) < 4.78 is 1.82. The van der Waals surface area contributed by atoms with Crippen molar-refractivity contribution in [3.63, 3.8) is 0 Å². The van der Waals surface area contributed by atoms with E-state index in [1.165, 1.54) is 12.3 Å². The number of fused-ring (bicyclic) bond motifs is 1. The number of nitrogens with zero attached hydrogens (tertiary/aromatic N) is 3. The summed E-state index contributed by atoms with van der Waals surface area (Å²) in [6.45, 7) is 3.15. The van der Waals surface area contributed by atoms with Gasteiger partial charge in [0.05, 0.1) is 23.5 Å². The molecule has 8 heteroatoms. The van der Waals surface area contributed by atoms with Gasteiger partial charge in [0.1, 0.15) is 11.5 Å². The number of hydrogen-bond donors (Lipinski definition) is 2. The van der Waals surface area contributed by atoms with Crippen LogP contribution in [0.5, 0.6) is 0 Å². The fourth-order valence-electron chi connectivity index (χ4n) is 2.72. The lowest BCUT2D eigenvalue weighted by Gasteiger charge is -2.27. The number of benzene rings is 1. The highest BCUT2D eigenvalue weighted by Crippen LogP contribution is 2.22. The molecule has 1 aliphatic rings. The molecule has 1 atom stereocenters. The molecule has 1 aromatic heterocycles. The normalized spacial score (nSPS) is 15.0. The molecule has 0 saturated heterocycles. The van der Waals surface area contributed by atoms with Crippen molar-refractivity contribution in [2.24, 2.45) is 5.73 Å². The molecule has 2 heterocycles. The number of nitrogens with two attached hydrogens (primary N) is 1. The summed E-state index contributed by atoms with van der Waals surface area (Å²) in [4.78, 5) is 30.7. The Balaban J connectivity index is 1.72. The van der Waals surface area contributed by atoms with E-state index in [0.717, 1.165) is 0 Å². The number of rotatable bonds is 4. The van der Waals surface area contributed by atoms with Crippen LogP contribution < -0.4 is 11.1 Å². The van der Waals surface area contributed by atoms with Crippen LogP contribution in [0, 0.1) is 0 Å². The number of nitrogens with one attached hydrogen (secondary N) is 1. The molecule has 1 aromatic carbocycles. The van der Waals surface area contributed by atoms with Crippen LogP contribution in [-0.4, -0.2) is 38.9 Å². The molecule has 2 aromatic rings. The summed E-state index contributed by atoms with van der Waals surface area (Å²) >= 11 is 6.08. The number of amides is 2. The number of halogens is 1. The van der Waals surface area contributed by atoms with Gasteiger partial charge in [0.15, 0.2) is 0 Å². The van der Waals surface area contributed by atoms with Crippen molar-refractivity contribution in [2.45, 2.75) is 26.1 Å². The van der Waals surface area contributed by atoms with Gasteiger partial charge < -0.3 is 20.5 Å². The average molecular weight is 374 g/mol. The third kappa shape index (κ3) is 3.95. The minimum absolute atomic E-state index is 0.112. The monoisotopic (exact) mass is 373 g/mol. The number of hydrogen-bond acceptors (Lipinski definition) is 4. The van der Waals surface area contributed by atoms with E-state index < -0.39 is 0 Å². The summed E-state index contributed by atoms with van der Waals surface area (Å²) in [6, 6.07) is 6.86. The smallest absolute Gasteiger partial charge is 0.273 e. The van der Waals surface area contributed by atoms with Crippen molar-refractivity contribution in [1.29, 1.82) is 0 Å². The molecule has 2 amide bonds. The Bertz CT molecular complexity index is 859. The van der Waals surface area contributed by atoms with Crippen molar-refractivity contribution in [2.75, 3.05) is 11.9 Å². The SMILES string of the molecule is CC(N)/C=C/C(=O)N1CCn2c(C(=O)Nc3ccccc3Cl)cnc2C1. The molecular formula is C18H20ClN5O2. The van der Waals surface area contributed by atoms with Crippen molar-refractivity contribution < 1.29 is 9.59 Å². The van der Waals surface area contributed by atoms with Crippen LogP contribution in [0.2, 0.25) is 5.02 Å². The highest BCUT2D eigenvalue weighted by Gasteiger charge is 2.25. The molecule has 0 saturated carbocycles. The zero-order valence-corrected chi connectivity index (χ0v) is 15.1. The molecule has 0 spiro atoms. The second kappa shape index (κ2) is 7.72. The van der Waals surface area contributed by atoms with E-state index in [9.17, 15) is 9.59 Å². The summed E-state index contributed by atoms with van der Waals surface area (Å²) in [6.07, 6.45) is 4.66. The molecule has 3 rings (SSSR count). The zero-order chi connectivity index (χ0) is 18.7. The van der Waals surface area contributed by atoms with Crippen LogP contribution in [0.25, 0.3) is 0 Å². The minimum Gasteiger partial charge on any atom is -0.330 e. The molecule has 0 aliphatic carbocycles. The molecule has 26 heavy (non-hydrogen) atoms. The van der Waals surface area contributed by atoms with E-state index >= 15 is 0 Å². The fraction of sp³-hybridized carbons (Fsp3) is 0.278. The van der Waals surface area contributed by atoms with Crippen molar-refractivity contribution in [1.82, 2.24) is 14.5 Å². The topological polar surface area (TPSA) is 93.3 Å². The van der Waals surface area contributed by atoms with E-state index in [0.29, 0.717) is 41.9 Å². The number of imidazole rings is 1. The predicted molar refractivity (Wildman–Crippen MR) is 99.8 cm³/mol. The summed E-state index contributed by atoms with van der Waals surface area (Å²) in [5.74, 6) is 0.273. The lowest BCUT2D eigenvalue weighted by molar-refractivity contribution is -0.127. The minimum atomic E-state index is -0.284. The molecule has 0 radical (unpaired) electrons. The van der Waals surface area contributed by atoms with Crippen LogP contribution in [0.4, 0.5) is 5.69 Å². The van der Waals surface area contributed by atoms with Gasteiger partial charge in [0.25, 0.3) is 5.91 Å². The first kappa shape index (κ1) is 18.2. The van der Waals surface area contributed by atoms with E-state index in [4.69, 9.17) is 17.3 Å². The van der Waals surface area contributed by atoms with Crippen molar-refractivity contribution >= 4 is 29.1 Å². The number of carbonyl (C=O) groups excluding carboxylic acids is 2. The summed E-state index contributed by atoms with van der Waals surface area (Å²) in [7, 11) is 0. The molecule has 7 nitrogen and oxygen atoms in total. The van der Waals surface area contributed by atoms with Crippen molar-refractivity contribution in [3.8, 4) is 0 Å². The van der Waals surface area contributed by atoms with Gasteiger partial charge in [-0.05, 0) is 19.1 Å². The Kier molecular flexibility index (Phi) is 5.39. The van der Waals surface area contributed by atoms with Gasteiger partial charge in [0, 0.05) is 25.2 Å². The summed E-state index contributed by atoms with van der Waals surface area (Å²) in [5, 5.41) is 3.26. The lowest BCUT2D eigenvalue weighted by atomic mass is 10.2. The standard InChI is InChI=1S/C18H20ClN5O2/c1-12(20)6-7-17(25)23-8-9-24-15(10-21-16(24)11-23)18(26)22-14-5-3-2-4-13(14)19/h2-7,10,12H,8-9,11,20H2,1H3,(H,22,26)/b7-6+. The van der Waals surface area contributed by atoms with Crippen LogP contribution in [0.1, 0.15) is 23.2 Å². The van der Waals surface area contributed by atoms with Crippen LogP contribution in [0.15, 0.2) is 42.6 Å². The van der Waals surface area contributed by atoms with E-state index in [1.54, 1.807) is 42.2 Å². The molecule has 0 fully saturated rings. The molecular weight excluding hydrogens is 354 g/mol. The first-order valence-corrected chi connectivity index (χ1v) is 8.66. The predicted octanol–water partition coefficient (Wildman–Crippen LogP) is 2.03. The molecule has 1 aliphatic heterocycles. The van der Waals surface area contributed by atoms with E-state index in [-0.39, 0.29) is 17.9 Å². The van der Waals surface area contributed by atoms with Gasteiger partial charge in [-0.3, -0.25) is 9.59 Å². The van der Waals surface area contributed by atoms with Gasteiger partial charge in [-0.25, -0.2) is 4.98 Å². The maximum Gasteiger partial charge on any atom is 0.273 e. The Morgan fingerprint density at radius 3 is 2.85 bits per heavy atom. The molecule has 3 N–H and O–H groups in total. The quantitative estimate of drug-likeness (QED) is 0.802. The average Bonchev–Trinajstić information content (AvgIpc) is 3.04. The van der Waals surface area contributed by atoms with Crippen LogP contribution >= 0.6 is 11.6 Å². The van der Waals surface area contributed by atoms with Crippen LogP contribution in [-0.2, 0) is 17.9 Å². The van der Waals surface area contributed by atoms with E-state index in [1.807, 2.05) is 4.57 Å². The Morgan fingerprint density at radius 2 is 2.12 bits per heavy atom. The number of anilines is 1. The Labute approximate surface area is 156 Å². The highest BCUT2D eigenvalue weighted by molar-refractivity contribution is 6.33. The maximum absolute atomic E-state index is 12.6. The van der Waals surface area contributed by atoms with Gasteiger partial charge in [-0.2, -0.15) is 0 Å². The first-order chi connectivity index (χ1) is 12.5. The molecule has 0 bridgehead atoms. The zero-order valence-electron chi connectivity index (χ0n) is 14.4. The molecule has 1 unspecified atom stereocenters. The number of aromatic nitrogens is 2. The summed E-state index contributed by atoms with van der Waals surface area (Å²) in [5.41, 5.74) is 6.62. The van der Waals surface area contributed by atoms with Gasteiger partial charge in [0.2, 0.25) is 5.91 Å². The Hall–Kier alpha value is -2.64. The fourth-order valence-corrected chi connectivity index (χ4v) is 2.90.